The number of carboxylic acids is 1. The molecule has 0 atom stereocenters. The number of benzene rings is 1. The van der Waals surface area contributed by atoms with Gasteiger partial charge in [0.1, 0.15) is 22.8 Å². The highest BCUT2D eigenvalue weighted by Crippen LogP contribution is 2.34. The van der Waals surface area contributed by atoms with E-state index in [1.165, 1.54) is 11.6 Å². The van der Waals surface area contributed by atoms with Crippen molar-refractivity contribution in [2.24, 2.45) is 0 Å². The molecule has 43 heavy (non-hydrogen) atoms. The number of methoxy groups -OCH3 is 1. The van der Waals surface area contributed by atoms with Gasteiger partial charge in [0.2, 0.25) is 11.8 Å². The lowest BCUT2D eigenvalue weighted by atomic mass is 10.2. The highest BCUT2D eigenvalue weighted by molar-refractivity contribution is 6.39. The Morgan fingerprint density at radius 2 is 1.79 bits per heavy atom. The van der Waals surface area contributed by atoms with Crippen LogP contribution in [0.3, 0.4) is 0 Å². The topological polar surface area (TPSA) is 166 Å². The van der Waals surface area contributed by atoms with Crippen LogP contribution in [0.15, 0.2) is 48.7 Å². The molecule has 0 aliphatic carbocycles. The van der Waals surface area contributed by atoms with Crippen LogP contribution in [0.1, 0.15) is 10.5 Å². The van der Waals surface area contributed by atoms with E-state index in [-0.39, 0.29) is 23.3 Å². The smallest absolute Gasteiger partial charge is 0.354 e. The van der Waals surface area contributed by atoms with Gasteiger partial charge >= 0.3 is 11.9 Å². The first-order valence-electron chi connectivity index (χ1n) is 13.5. The van der Waals surface area contributed by atoms with Crippen LogP contribution in [0.25, 0.3) is 28.2 Å². The van der Waals surface area contributed by atoms with Gasteiger partial charge in [-0.05, 0) is 36.4 Å². The highest BCUT2D eigenvalue weighted by atomic mass is 35.5. The van der Waals surface area contributed by atoms with E-state index in [2.05, 4.69) is 34.6 Å². The van der Waals surface area contributed by atoms with Crippen molar-refractivity contribution in [3.8, 4) is 17.3 Å². The highest BCUT2D eigenvalue weighted by Gasteiger charge is 2.28. The fraction of sp³-hybridized carbons (Fsp3) is 0.286. The van der Waals surface area contributed by atoms with Gasteiger partial charge in [0.25, 0.3) is 0 Å². The number of hydrogen-bond donors (Lipinski definition) is 2. The number of aromatic nitrogens is 6. The largest absolute Gasteiger partial charge is 0.482 e. The number of esters is 1. The Bertz CT molecular complexity index is 1800. The first-order valence-corrected chi connectivity index (χ1v) is 13.9. The van der Waals surface area contributed by atoms with Crippen LogP contribution in [-0.4, -0.2) is 97.5 Å². The van der Waals surface area contributed by atoms with Crippen molar-refractivity contribution in [2.45, 2.75) is 6.54 Å². The van der Waals surface area contributed by atoms with Gasteiger partial charge in [-0.1, -0.05) is 17.7 Å². The first-order chi connectivity index (χ1) is 20.8. The van der Waals surface area contributed by atoms with Gasteiger partial charge in [0.05, 0.1) is 17.5 Å². The number of fused-ring (bicyclic) bond motifs is 3. The van der Waals surface area contributed by atoms with Crippen LogP contribution in [0, 0.1) is 0 Å². The number of nitrogen functional groups attached to an aromatic ring is 1. The number of aromatic carboxylic acids is 1. The molecule has 15 heteroatoms. The number of carbonyl (C=O) groups excluding carboxylic acids is 1. The quantitative estimate of drug-likeness (QED) is 0.236. The Kier molecular flexibility index (Phi) is 7.69. The minimum absolute atomic E-state index is 0.0313. The van der Waals surface area contributed by atoms with Crippen molar-refractivity contribution in [3.63, 3.8) is 0 Å². The van der Waals surface area contributed by atoms with E-state index in [1.54, 1.807) is 22.9 Å². The number of anilines is 2. The third kappa shape index (κ3) is 5.49. The van der Waals surface area contributed by atoms with Crippen molar-refractivity contribution < 1.29 is 24.2 Å². The molecule has 0 saturated carbocycles. The van der Waals surface area contributed by atoms with Crippen molar-refractivity contribution >= 4 is 51.9 Å². The molecule has 0 unspecified atom stereocenters. The second-order valence-electron chi connectivity index (χ2n) is 9.86. The lowest BCUT2D eigenvalue weighted by Gasteiger charge is -2.36. The Morgan fingerprint density at radius 1 is 1.02 bits per heavy atom. The Labute approximate surface area is 250 Å². The van der Waals surface area contributed by atoms with Gasteiger partial charge in [-0.3, -0.25) is 9.88 Å². The standard InChI is InChI=1S/C28H28ClN9O5/c1-42-20(39)16-43-18-7-5-17(6-8-18)36-13-10-35(11-14-36)12-15-37-23(27(40)41)22(29)21-25(37)33-28(30)38-26(21)32-24(34-38)19-4-2-3-9-31-19/h2-9H,10-16H2,1H3,(H2,30,33)(H,40,41). The van der Waals surface area contributed by atoms with Crippen LogP contribution in [0.4, 0.5) is 11.6 Å². The Hall–Kier alpha value is -4.95. The predicted octanol–water partition coefficient (Wildman–Crippen LogP) is 2.45. The molecule has 5 aromatic rings. The van der Waals surface area contributed by atoms with Crippen molar-refractivity contribution in [3.05, 3.63) is 59.4 Å². The molecule has 1 aliphatic heterocycles. The van der Waals surface area contributed by atoms with Gasteiger partial charge in [0.15, 0.2) is 12.3 Å². The molecule has 6 rings (SSSR count). The molecule has 0 radical (unpaired) electrons. The number of nitrogens with two attached hydrogens (primary N) is 1. The number of pyridine rings is 1. The van der Waals surface area contributed by atoms with Gasteiger partial charge in [0, 0.05) is 51.2 Å². The molecule has 222 valence electrons. The summed E-state index contributed by atoms with van der Waals surface area (Å²) in [5.41, 5.74) is 8.40. The fourth-order valence-electron chi connectivity index (χ4n) is 5.14. The molecule has 1 aliphatic rings. The van der Waals surface area contributed by atoms with Crippen LogP contribution in [0.5, 0.6) is 5.75 Å². The summed E-state index contributed by atoms with van der Waals surface area (Å²) >= 11 is 6.67. The lowest BCUT2D eigenvalue weighted by Crippen LogP contribution is -2.47. The van der Waals surface area contributed by atoms with Gasteiger partial charge < -0.3 is 29.8 Å². The summed E-state index contributed by atoms with van der Waals surface area (Å²) in [7, 11) is 1.32. The molecule has 14 nitrogen and oxygen atoms in total. The maximum absolute atomic E-state index is 12.4. The summed E-state index contributed by atoms with van der Waals surface area (Å²) in [5.74, 6) is -0.645. The molecule has 3 N–H and O–H groups in total. The van der Waals surface area contributed by atoms with E-state index < -0.39 is 11.9 Å². The molecule has 0 bridgehead atoms. The normalized spacial score (nSPS) is 14.0. The van der Waals surface area contributed by atoms with Crippen LogP contribution in [-0.2, 0) is 16.1 Å². The van der Waals surface area contributed by atoms with Gasteiger partial charge in [-0.15, -0.1) is 5.10 Å². The molecule has 1 saturated heterocycles. The molecule has 1 aromatic carbocycles. The molecular formula is C28H28ClN9O5. The third-order valence-electron chi connectivity index (χ3n) is 7.34. The number of ether oxygens (including phenoxy) is 2. The second kappa shape index (κ2) is 11.7. The molecule has 1 fully saturated rings. The molecule has 5 heterocycles. The molecular weight excluding hydrogens is 578 g/mol. The number of hydrogen-bond acceptors (Lipinski definition) is 11. The van der Waals surface area contributed by atoms with E-state index in [9.17, 15) is 14.7 Å². The summed E-state index contributed by atoms with van der Waals surface area (Å²) in [6.07, 6.45) is 1.63. The van der Waals surface area contributed by atoms with Crippen LogP contribution < -0.4 is 15.4 Å². The summed E-state index contributed by atoms with van der Waals surface area (Å²) < 4.78 is 13.0. The lowest BCUT2D eigenvalue weighted by molar-refractivity contribution is -0.142. The van der Waals surface area contributed by atoms with Crippen LogP contribution >= 0.6 is 11.6 Å². The first kappa shape index (κ1) is 28.2. The molecule has 0 amide bonds. The minimum Gasteiger partial charge on any atom is -0.482 e. The molecule has 0 spiro atoms. The number of piperazine rings is 1. The number of rotatable bonds is 9. The summed E-state index contributed by atoms with van der Waals surface area (Å²) in [5, 5.41) is 14.9. The zero-order chi connectivity index (χ0) is 30.1. The van der Waals surface area contributed by atoms with Crippen molar-refractivity contribution in [1.82, 2.24) is 34.0 Å². The molecule has 4 aromatic heterocycles. The van der Waals surface area contributed by atoms with Gasteiger partial charge in [-0.2, -0.15) is 9.50 Å². The average molecular weight is 606 g/mol. The summed E-state index contributed by atoms with van der Waals surface area (Å²) in [6.45, 7) is 3.87. The number of halogens is 1. The summed E-state index contributed by atoms with van der Waals surface area (Å²) in [6, 6.07) is 12.9. The maximum atomic E-state index is 12.4. The second-order valence-corrected chi connectivity index (χ2v) is 10.2. The van der Waals surface area contributed by atoms with Crippen molar-refractivity contribution in [2.75, 3.05) is 57.1 Å². The number of nitrogens with zero attached hydrogens (tertiary/aromatic N) is 8. The van der Waals surface area contributed by atoms with E-state index in [1.807, 2.05) is 30.3 Å². The summed E-state index contributed by atoms with van der Waals surface area (Å²) in [4.78, 5) is 41.5. The van der Waals surface area contributed by atoms with E-state index >= 15 is 0 Å². The Balaban J connectivity index is 1.18. The monoisotopic (exact) mass is 605 g/mol. The minimum atomic E-state index is -1.17. The maximum Gasteiger partial charge on any atom is 0.354 e. The number of carbonyl (C=O) groups is 2. The fourth-order valence-corrected chi connectivity index (χ4v) is 5.49. The Morgan fingerprint density at radius 3 is 2.47 bits per heavy atom. The van der Waals surface area contributed by atoms with Crippen molar-refractivity contribution in [1.29, 1.82) is 0 Å². The van der Waals surface area contributed by atoms with E-state index in [0.29, 0.717) is 47.0 Å². The van der Waals surface area contributed by atoms with E-state index in [4.69, 9.17) is 22.1 Å². The third-order valence-corrected chi connectivity index (χ3v) is 7.71. The van der Waals surface area contributed by atoms with E-state index in [0.717, 1.165) is 31.9 Å². The zero-order valence-corrected chi connectivity index (χ0v) is 23.9. The average Bonchev–Trinajstić information content (AvgIpc) is 3.59. The zero-order valence-electron chi connectivity index (χ0n) is 23.2. The predicted molar refractivity (Wildman–Crippen MR) is 158 cm³/mol. The van der Waals surface area contributed by atoms with Gasteiger partial charge in [-0.25, -0.2) is 14.6 Å². The SMILES string of the molecule is COC(=O)COc1ccc(N2CCN(CCn3c(C(=O)O)c(Cl)c4c3nc(N)n3nc(-c5ccccn5)nc43)CC2)cc1. The number of carboxylic acid groups (broad SMARTS) is 1. The van der Waals surface area contributed by atoms with Crippen LogP contribution in [0.2, 0.25) is 5.02 Å².